The van der Waals surface area contributed by atoms with E-state index in [4.69, 9.17) is 23.7 Å². The average molecular weight is 591 g/mol. The number of carbonyl (C=O) groups excluding carboxylic acids is 1. The summed E-state index contributed by atoms with van der Waals surface area (Å²) in [4.78, 5) is 13.2. The Bertz CT molecular complexity index is 1420. The number of allylic oxidation sites excluding steroid dienone is 1. The van der Waals surface area contributed by atoms with Crippen LogP contribution in [0.5, 0.6) is 28.7 Å². The predicted molar refractivity (Wildman–Crippen MR) is 169 cm³/mol. The molecule has 5 aromatic carbocycles. The molecule has 0 heterocycles. The monoisotopic (exact) mass is 590 g/mol. The summed E-state index contributed by atoms with van der Waals surface area (Å²) in [6.45, 7) is 3.71. The van der Waals surface area contributed by atoms with Gasteiger partial charge >= 0.3 is 5.97 Å². The minimum Gasteiger partial charge on any atom is -0.448 e. The fourth-order valence-electron chi connectivity index (χ4n) is 4.24. The van der Waals surface area contributed by atoms with Crippen molar-refractivity contribution in [2.45, 2.75) is 17.9 Å². The van der Waals surface area contributed by atoms with E-state index in [2.05, 4.69) is 6.58 Å². The first-order chi connectivity index (χ1) is 21.1. The van der Waals surface area contributed by atoms with Crippen LogP contribution in [0.2, 0.25) is 0 Å². The van der Waals surface area contributed by atoms with E-state index in [1.807, 2.05) is 91.0 Å². The van der Waals surface area contributed by atoms with Crippen LogP contribution in [0.15, 0.2) is 164 Å². The summed E-state index contributed by atoms with van der Waals surface area (Å²) in [5.74, 6) is 0.497. The van der Waals surface area contributed by atoms with E-state index in [-0.39, 0.29) is 11.9 Å². The molecule has 7 heteroatoms. The van der Waals surface area contributed by atoms with E-state index >= 15 is 0 Å². The Morgan fingerprint density at radius 3 is 1.07 bits per heavy atom. The molecule has 1 atom stereocenters. The molecular weight excluding hydrogens is 559 g/mol. The summed E-state index contributed by atoms with van der Waals surface area (Å²) in [6.07, 6.45) is 1.05. The van der Waals surface area contributed by atoms with Gasteiger partial charge in [0.2, 0.25) is 0 Å². The molecule has 6 nitrogen and oxygen atoms in total. The van der Waals surface area contributed by atoms with Crippen molar-refractivity contribution >= 4 is 14.1 Å². The number of hydrogen-bond donors (Lipinski definition) is 0. The van der Waals surface area contributed by atoms with Crippen LogP contribution in [-0.4, -0.2) is 17.0 Å². The number of carbonyl (C=O) groups is 1. The molecule has 0 saturated heterocycles. The average Bonchev–Trinajstić information content (AvgIpc) is 3.03. The second-order valence-electron chi connectivity index (χ2n) is 9.38. The Morgan fingerprint density at radius 1 is 0.512 bits per heavy atom. The topological polar surface area (TPSA) is 63.2 Å². The first-order valence-electron chi connectivity index (χ1n) is 13.7. The van der Waals surface area contributed by atoms with Gasteiger partial charge in [0.25, 0.3) is 5.53 Å². The third-order valence-electron chi connectivity index (χ3n) is 6.05. The van der Waals surface area contributed by atoms with Crippen LogP contribution in [-0.2, 0) is 4.79 Å². The SMILES string of the molecule is C=CC(=O)PC(CC(Oc1ccccc1)(Oc1ccccc1)Oc1ccccc1)(Oc1ccccc1)Oc1ccccc1. The van der Waals surface area contributed by atoms with Gasteiger partial charge in [0.15, 0.2) is 5.52 Å². The molecule has 0 N–H and O–H groups in total. The molecule has 216 valence electrons. The van der Waals surface area contributed by atoms with Crippen molar-refractivity contribution < 1.29 is 28.5 Å². The summed E-state index contributed by atoms with van der Waals surface area (Å²) >= 11 is 0. The van der Waals surface area contributed by atoms with Crippen molar-refractivity contribution in [3.63, 3.8) is 0 Å². The van der Waals surface area contributed by atoms with Gasteiger partial charge in [0.1, 0.15) is 35.2 Å². The van der Waals surface area contributed by atoms with Gasteiger partial charge in [-0.25, -0.2) is 0 Å². The maximum atomic E-state index is 13.2. The number of ether oxygens (including phenoxy) is 5. The minimum absolute atomic E-state index is 0.208. The van der Waals surface area contributed by atoms with E-state index in [1.54, 1.807) is 60.7 Å². The van der Waals surface area contributed by atoms with Crippen LogP contribution < -0.4 is 23.7 Å². The van der Waals surface area contributed by atoms with E-state index in [9.17, 15) is 4.79 Å². The van der Waals surface area contributed by atoms with Gasteiger partial charge in [-0.2, -0.15) is 0 Å². The van der Waals surface area contributed by atoms with Gasteiger partial charge in [0, 0.05) is 8.58 Å². The Labute approximate surface area is 253 Å². The van der Waals surface area contributed by atoms with Gasteiger partial charge in [-0.15, -0.1) is 0 Å². The fraction of sp³-hybridized carbons (Fsp3) is 0.0833. The molecule has 0 aliphatic carbocycles. The number of hydrogen-bond acceptors (Lipinski definition) is 6. The molecule has 0 aromatic heterocycles. The van der Waals surface area contributed by atoms with Crippen molar-refractivity contribution in [3.8, 4) is 28.7 Å². The Hall–Kier alpha value is -5.06. The Kier molecular flexibility index (Phi) is 9.73. The van der Waals surface area contributed by atoms with Gasteiger partial charge in [-0.05, 0) is 66.7 Å². The van der Waals surface area contributed by atoms with Gasteiger partial charge < -0.3 is 23.7 Å². The maximum Gasteiger partial charge on any atom is 0.425 e. The standard InChI is InChI=1S/C36H31O6P/c1-2-34(37)43-36(41-32-24-14-6-15-25-32,42-33-26-16-7-17-27-33)28-35(38-29-18-8-3-9-19-29,39-30-20-10-4-11-21-30)40-31-22-12-5-13-23-31/h2-27,43H,1,28H2. The van der Waals surface area contributed by atoms with Crippen LogP contribution in [0.3, 0.4) is 0 Å². The molecule has 1 unspecified atom stereocenters. The first-order valence-corrected chi connectivity index (χ1v) is 14.7. The van der Waals surface area contributed by atoms with Crippen molar-refractivity contribution in [2.24, 2.45) is 0 Å². The van der Waals surface area contributed by atoms with Crippen molar-refractivity contribution in [1.82, 2.24) is 0 Å². The molecule has 0 radical (unpaired) electrons. The molecule has 0 fully saturated rings. The molecule has 43 heavy (non-hydrogen) atoms. The molecule has 0 spiro atoms. The second-order valence-corrected chi connectivity index (χ2v) is 10.9. The lowest BCUT2D eigenvalue weighted by Crippen LogP contribution is -2.56. The van der Waals surface area contributed by atoms with E-state index in [0.717, 1.165) is 0 Å². The number of rotatable bonds is 15. The lowest BCUT2D eigenvalue weighted by Gasteiger charge is -2.41. The lowest BCUT2D eigenvalue weighted by atomic mass is 10.2. The third kappa shape index (κ3) is 8.48. The van der Waals surface area contributed by atoms with Crippen LogP contribution in [0.4, 0.5) is 0 Å². The summed E-state index contributed by atoms with van der Waals surface area (Å²) in [5, 5.41) is 0. The highest BCUT2D eigenvalue weighted by atomic mass is 31.1. The summed E-state index contributed by atoms with van der Waals surface area (Å²) in [5.41, 5.74) is -1.94. The second kappa shape index (κ2) is 14.2. The number of benzene rings is 5. The molecule has 0 aliphatic heterocycles. The highest BCUT2D eigenvalue weighted by molar-refractivity contribution is 7.59. The van der Waals surface area contributed by atoms with Gasteiger partial charge in [-0.3, -0.25) is 4.79 Å². The summed E-state index contributed by atoms with van der Waals surface area (Å²) in [7, 11) is -0.567. The largest absolute Gasteiger partial charge is 0.448 e. The highest BCUT2D eigenvalue weighted by Gasteiger charge is 2.53. The molecule has 0 amide bonds. The maximum absolute atomic E-state index is 13.2. The minimum atomic E-state index is -1.89. The highest BCUT2D eigenvalue weighted by Crippen LogP contribution is 2.45. The molecule has 0 saturated carbocycles. The van der Waals surface area contributed by atoms with Crippen LogP contribution in [0, 0.1) is 0 Å². The molecule has 5 aromatic rings. The summed E-state index contributed by atoms with van der Waals surface area (Å²) < 4.78 is 33.1. The smallest absolute Gasteiger partial charge is 0.425 e. The van der Waals surface area contributed by atoms with E-state index in [1.165, 1.54) is 6.08 Å². The molecule has 5 rings (SSSR count). The Morgan fingerprint density at radius 2 is 0.791 bits per heavy atom. The van der Waals surface area contributed by atoms with Crippen LogP contribution in [0.25, 0.3) is 0 Å². The number of para-hydroxylation sites is 5. The zero-order valence-corrected chi connectivity index (χ0v) is 24.4. The van der Waals surface area contributed by atoms with Crippen LogP contribution >= 0.6 is 8.58 Å². The van der Waals surface area contributed by atoms with Crippen molar-refractivity contribution in [3.05, 3.63) is 164 Å². The van der Waals surface area contributed by atoms with Gasteiger partial charge in [0.05, 0.1) is 0 Å². The normalized spacial score (nSPS) is 11.4. The third-order valence-corrected chi connectivity index (χ3v) is 7.26. The first kappa shape index (κ1) is 29.4. The van der Waals surface area contributed by atoms with Crippen molar-refractivity contribution in [2.75, 3.05) is 0 Å². The van der Waals surface area contributed by atoms with Crippen LogP contribution in [0.1, 0.15) is 6.42 Å². The van der Waals surface area contributed by atoms with Gasteiger partial charge in [-0.1, -0.05) is 97.6 Å². The molecular formula is C36H31O6P. The fourth-order valence-corrected chi connectivity index (χ4v) is 5.36. The summed E-state index contributed by atoms with van der Waals surface area (Å²) in [6, 6.07) is 45.8. The van der Waals surface area contributed by atoms with Crippen molar-refractivity contribution in [1.29, 1.82) is 0 Å². The van der Waals surface area contributed by atoms with E-state index < -0.39 is 20.1 Å². The molecule has 0 bridgehead atoms. The zero-order chi connectivity index (χ0) is 29.8. The molecule has 0 aliphatic rings. The Balaban J connectivity index is 1.69. The predicted octanol–water partition coefficient (Wildman–Crippen LogP) is 8.47. The van der Waals surface area contributed by atoms with E-state index in [0.29, 0.717) is 28.7 Å². The quantitative estimate of drug-likeness (QED) is 0.0693. The lowest BCUT2D eigenvalue weighted by molar-refractivity contribution is -0.282. The zero-order valence-electron chi connectivity index (χ0n) is 23.4.